The van der Waals surface area contributed by atoms with E-state index in [-0.39, 0.29) is 70.2 Å². The van der Waals surface area contributed by atoms with E-state index in [1.165, 1.54) is 42.0 Å². The Bertz CT molecular complexity index is 372. The molecule has 0 saturated heterocycles. The van der Waals surface area contributed by atoms with Gasteiger partial charge in [-0.25, -0.2) is 5.69 Å². The van der Waals surface area contributed by atoms with Crippen molar-refractivity contribution < 1.29 is 70.2 Å². The van der Waals surface area contributed by atoms with Crippen LogP contribution in [0.1, 0.15) is 41.5 Å². The molecule has 0 radical (unpaired) electrons. The normalized spacial score (nSPS) is 11.4. The van der Waals surface area contributed by atoms with Gasteiger partial charge in [0.1, 0.15) is 16.5 Å². The Hall–Kier alpha value is 1.69. The van der Waals surface area contributed by atoms with Crippen LogP contribution in [0.3, 0.4) is 0 Å². The van der Waals surface area contributed by atoms with Gasteiger partial charge in [0.05, 0.1) is 0 Å². The van der Waals surface area contributed by atoms with E-state index in [0.717, 1.165) is 0 Å². The van der Waals surface area contributed by atoms with Crippen LogP contribution in [0.2, 0.25) is 36.3 Å². The van der Waals surface area contributed by atoms with Crippen molar-refractivity contribution in [3.63, 3.8) is 0 Å². The second kappa shape index (κ2) is 12.9. The van der Waals surface area contributed by atoms with E-state index in [0.29, 0.717) is 0 Å². The van der Waals surface area contributed by atoms with Gasteiger partial charge in [0, 0.05) is 0 Å². The fourth-order valence-electron chi connectivity index (χ4n) is 3.97. The largest absolute Gasteiger partial charge is 1.00 e. The van der Waals surface area contributed by atoms with Crippen molar-refractivity contribution in [3.8, 4) is 0 Å². The van der Waals surface area contributed by atoms with Gasteiger partial charge >= 0.3 is 70.2 Å². The van der Waals surface area contributed by atoms with Gasteiger partial charge < -0.3 is 22.4 Å². The molecule has 120 valence electrons. The van der Waals surface area contributed by atoms with E-state index in [9.17, 15) is 0 Å². The third-order valence-corrected chi connectivity index (χ3v) is 18.9. The first-order chi connectivity index (χ1) is 10.1. The van der Waals surface area contributed by atoms with E-state index < -0.39 is 16.5 Å². The fourth-order valence-corrected chi connectivity index (χ4v) is 17.1. The van der Waals surface area contributed by atoms with Gasteiger partial charge in [0.25, 0.3) is 0 Å². The first kappa shape index (κ1) is 26.9. The zero-order valence-corrected chi connectivity index (χ0v) is 22.0. The standard InChI is InChI=1S/C18H33NSi2.K.Li/c1-7-20(8-2,9-3)19(18-16-14-13-15-17-18)21(10-4,11-5)12-6;;/h13,16-17H,7-12H2,1-6H3;;/q-2;2*+1. The summed E-state index contributed by atoms with van der Waals surface area (Å²) in [5.74, 6) is 0. The van der Waals surface area contributed by atoms with E-state index >= 15 is 0 Å². The van der Waals surface area contributed by atoms with Crippen molar-refractivity contribution in [1.29, 1.82) is 0 Å². The van der Waals surface area contributed by atoms with E-state index in [1.54, 1.807) is 0 Å². The van der Waals surface area contributed by atoms with Crippen LogP contribution in [0.25, 0.3) is 0 Å². The summed E-state index contributed by atoms with van der Waals surface area (Å²) in [6.45, 7) is 14.5. The van der Waals surface area contributed by atoms with Crippen LogP contribution in [0.5, 0.6) is 0 Å². The molecule has 0 fully saturated rings. The Balaban J connectivity index is 0. The van der Waals surface area contributed by atoms with Gasteiger partial charge in [-0.05, 0) is 36.3 Å². The van der Waals surface area contributed by atoms with Crippen molar-refractivity contribution in [2.45, 2.75) is 77.8 Å². The Morgan fingerprint density at radius 2 is 1.04 bits per heavy atom. The molecule has 0 aliphatic rings. The molecule has 0 N–H and O–H groups in total. The van der Waals surface area contributed by atoms with Crippen LogP contribution < -0.4 is 74.5 Å². The van der Waals surface area contributed by atoms with Crippen LogP contribution >= 0.6 is 0 Å². The Kier molecular flexibility index (Phi) is 15.1. The van der Waals surface area contributed by atoms with Gasteiger partial charge in [-0.3, -0.25) is 12.1 Å². The first-order valence-corrected chi connectivity index (χ1v) is 13.9. The smallest absolute Gasteiger partial charge is 0.532 e. The summed E-state index contributed by atoms with van der Waals surface area (Å²) >= 11 is 0. The quantitative estimate of drug-likeness (QED) is 0.444. The molecule has 1 aromatic carbocycles. The topological polar surface area (TPSA) is 3.24 Å². The average molecular weight is 366 g/mol. The Morgan fingerprint density at radius 1 is 0.739 bits per heavy atom. The number of rotatable bonds is 9. The minimum absolute atomic E-state index is 0. The van der Waals surface area contributed by atoms with Gasteiger partial charge in [-0.1, -0.05) is 41.5 Å². The maximum Gasteiger partial charge on any atom is 1.00 e. The number of anilines is 1. The monoisotopic (exact) mass is 365 g/mol. The number of nitrogens with zero attached hydrogens (tertiary/aromatic N) is 1. The van der Waals surface area contributed by atoms with Crippen molar-refractivity contribution >= 4 is 22.2 Å². The molecule has 1 aromatic rings. The zero-order valence-electron chi connectivity index (χ0n) is 16.9. The Labute approximate surface area is 202 Å². The molecular formula is C18H33KLiNSi2. The maximum atomic E-state index is 3.28. The third-order valence-electron chi connectivity index (χ3n) is 5.78. The predicted octanol–water partition coefficient (Wildman–Crippen LogP) is 0.112. The molecule has 0 unspecified atom stereocenters. The molecule has 0 bridgehead atoms. The van der Waals surface area contributed by atoms with Crippen molar-refractivity contribution in [2.24, 2.45) is 0 Å². The van der Waals surface area contributed by atoms with Crippen LogP contribution in [-0.4, -0.2) is 16.5 Å². The first-order valence-electron chi connectivity index (χ1n) is 8.77. The molecule has 0 atom stereocenters. The molecule has 0 heterocycles. The van der Waals surface area contributed by atoms with Crippen LogP contribution in [0.15, 0.2) is 18.2 Å². The second-order valence-corrected chi connectivity index (χ2v) is 16.6. The molecule has 0 aromatic heterocycles. The molecule has 0 amide bonds. The van der Waals surface area contributed by atoms with Gasteiger partial charge in [-0.2, -0.15) is 0 Å². The summed E-state index contributed by atoms with van der Waals surface area (Å²) in [6, 6.07) is 21.0. The van der Waals surface area contributed by atoms with E-state index in [4.69, 9.17) is 0 Å². The SMILES string of the molecule is CC[Si](CC)(CC)N(c1c[c-]c[c-]c1)[Si](CC)(CC)CC.[K+].[Li+]. The summed E-state index contributed by atoms with van der Waals surface area (Å²) in [4.78, 5) is 0. The summed E-state index contributed by atoms with van der Waals surface area (Å²) in [5, 5.41) is 0. The molecule has 0 aliphatic heterocycles. The van der Waals surface area contributed by atoms with Crippen molar-refractivity contribution in [3.05, 3.63) is 30.3 Å². The van der Waals surface area contributed by atoms with E-state index in [2.05, 4.69) is 70.0 Å². The number of benzene rings is 1. The summed E-state index contributed by atoms with van der Waals surface area (Å²) in [7, 11) is -2.86. The second-order valence-electron chi connectivity index (χ2n) is 6.10. The van der Waals surface area contributed by atoms with Crippen molar-refractivity contribution in [2.75, 3.05) is 4.23 Å². The van der Waals surface area contributed by atoms with E-state index in [1.807, 2.05) is 6.07 Å². The average Bonchev–Trinajstić information content (AvgIpc) is 2.57. The Morgan fingerprint density at radius 3 is 1.30 bits per heavy atom. The van der Waals surface area contributed by atoms with Crippen LogP contribution in [0, 0.1) is 12.1 Å². The molecule has 1 rings (SSSR count). The summed E-state index contributed by atoms with van der Waals surface area (Å²) in [6.07, 6.45) is 0. The molecule has 23 heavy (non-hydrogen) atoms. The summed E-state index contributed by atoms with van der Waals surface area (Å²) < 4.78 is 3.01. The van der Waals surface area contributed by atoms with Gasteiger partial charge in [0.2, 0.25) is 0 Å². The number of hydrogen-bond acceptors (Lipinski definition) is 1. The van der Waals surface area contributed by atoms with Crippen LogP contribution in [-0.2, 0) is 0 Å². The minimum atomic E-state index is -1.43. The van der Waals surface area contributed by atoms with Crippen LogP contribution in [0.4, 0.5) is 5.69 Å². The summed E-state index contributed by atoms with van der Waals surface area (Å²) in [5.41, 5.74) is 1.41. The third kappa shape index (κ3) is 5.84. The van der Waals surface area contributed by atoms with Gasteiger partial charge in [-0.15, -0.1) is 0 Å². The van der Waals surface area contributed by atoms with Crippen molar-refractivity contribution in [1.82, 2.24) is 0 Å². The molecule has 0 saturated carbocycles. The fraction of sp³-hybridized carbons (Fsp3) is 0.667. The predicted molar refractivity (Wildman–Crippen MR) is 101 cm³/mol. The molecule has 1 nitrogen and oxygen atoms in total. The number of hydrogen-bond donors (Lipinski definition) is 0. The minimum Gasteiger partial charge on any atom is -0.532 e. The molecule has 0 spiro atoms. The van der Waals surface area contributed by atoms with Gasteiger partial charge in [0.15, 0.2) is 0 Å². The maximum absolute atomic E-state index is 3.28. The molecular weight excluding hydrogens is 332 g/mol. The molecule has 0 aliphatic carbocycles. The zero-order chi connectivity index (χ0) is 15.9. The molecule has 5 heteroatoms.